The number of nitrogen functional groups attached to an aromatic ring is 1. The van der Waals surface area contributed by atoms with Crippen LogP contribution in [-0.2, 0) is 0 Å². The SMILES string of the molecule is NNc1cc(Oc2cc(F)ccc2Br)nc(C2CC2)n1. The molecule has 5 nitrogen and oxygen atoms in total. The van der Waals surface area contributed by atoms with Crippen molar-refractivity contribution in [1.29, 1.82) is 0 Å². The number of anilines is 1. The van der Waals surface area contributed by atoms with E-state index in [2.05, 4.69) is 31.3 Å². The smallest absolute Gasteiger partial charge is 0.224 e. The summed E-state index contributed by atoms with van der Waals surface area (Å²) in [5, 5.41) is 0. The van der Waals surface area contributed by atoms with Crippen molar-refractivity contribution in [2.75, 3.05) is 5.43 Å². The third-order valence-electron chi connectivity index (χ3n) is 2.92. The largest absolute Gasteiger partial charge is 0.438 e. The summed E-state index contributed by atoms with van der Waals surface area (Å²) in [7, 11) is 0. The second kappa shape index (κ2) is 5.34. The fraction of sp³-hybridized carbons (Fsp3) is 0.231. The lowest BCUT2D eigenvalue weighted by molar-refractivity contribution is 0.451. The van der Waals surface area contributed by atoms with Gasteiger partial charge in [-0.1, -0.05) is 0 Å². The molecule has 1 fully saturated rings. The zero-order valence-electron chi connectivity index (χ0n) is 10.4. The van der Waals surface area contributed by atoms with Crippen LogP contribution in [0.5, 0.6) is 11.6 Å². The fourth-order valence-corrected chi connectivity index (χ4v) is 2.09. The van der Waals surface area contributed by atoms with E-state index in [1.54, 1.807) is 12.1 Å². The van der Waals surface area contributed by atoms with Gasteiger partial charge in [-0.25, -0.2) is 15.2 Å². The molecule has 1 aliphatic carbocycles. The molecule has 0 unspecified atom stereocenters. The second-order valence-electron chi connectivity index (χ2n) is 4.55. The molecule has 1 aliphatic rings. The van der Waals surface area contributed by atoms with Crippen molar-refractivity contribution in [3.63, 3.8) is 0 Å². The van der Waals surface area contributed by atoms with Gasteiger partial charge in [0, 0.05) is 18.1 Å². The van der Waals surface area contributed by atoms with Crippen LogP contribution in [0.1, 0.15) is 24.6 Å². The van der Waals surface area contributed by atoms with E-state index < -0.39 is 0 Å². The molecule has 1 aromatic heterocycles. The highest BCUT2D eigenvalue weighted by atomic mass is 79.9. The van der Waals surface area contributed by atoms with Crippen LogP contribution in [-0.4, -0.2) is 9.97 Å². The van der Waals surface area contributed by atoms with Crippen LogP contribution in [0.2, 0.25) is 0 Å². The average molecular weight is 339 g/mol. The van der Waals surface area contributed by atoms with Crippen LogP contribution in [0, 0.1) is 5.82 Å². The number of nitrogens with two attached hydrogens (primary N) is 1. The molecule has 0 amide bonds. The Bertz CT molecular complexity index is 648. The van der Waals surface area contributed by atoms with Gasteiger partial charge < -0.3 is 10.2 Å². The number of nitrogens with one attached hydrogen (secondary N) is 1. The van der Waals surface area contributed by atoms with E-state index in [-0.39, 0.29) is 5.82 Å². The van der Waals surface area contributed by atoms with Crippen LogP contribution in [0.3, 0.4) is 0 Å². The van der Waals surface area contributed by atoms with Gasteiger partial charge in [-0.2, -0.15) is 4.98 Å². The highest BCUT2D eigenvalue weighted by molar-refractivity contribution is 9.10. The zero-order valence-corrected chi connectivity index (χ0v) is 12.0. The minimum Gasteiger partial charge on any atom is -0.438 e. The molecule has 1 aromatic carbocycles. The van der Waals surface area contributed by atoms with Gasteiger partial charge in [0.2, 0.25) is 5.88 Å². The summed E-state index contributed by atoms with van der Waals surface area (Å²) in [4.78, 5) is 8.62. The lowest BCUT2D eigenvalue weighted by Crippen LogP contribution is -2.10. The quantitative estimate of drug-likeness (QED) is 0.660. The lowest BCUT2D eigenvalue weighted by Gasteiger charge is -2.10. The summed E-state index contributed by atoms with van der Waals surface area (Å²) < 4.78 is 19.5. The van der Waals surface area contributed by atoms with Gasteiger partial charge in [-0.05, 0) is 40.9 Å². The molecule has 7 heteroatoms. The number of benzene rings is 1. The van der Waals surface area contributed by atoms with E-state index in [1.807, 2.05) is 0 Å². The number of hydrazine groups is 1. The normalized spacial score (nSPS) is 14.2. The summed E-state index contributed by atoms with van der Waals surface area (Å²) in [6.07, 6.45) is 2.13. The third kappa shape index (κ3) is 2.88. The Morgan fingerprint density at radius 2 is 2.10 bits per heavy atom. The molecule has 0 aliphatic heterocycles. The first-order chi connectivity index (χ1) is 9.65. The maximum absolute atomic E-state index is 13.2. The third-order valence-corrected chi connectivity index (χ3v) is 3.57. The Labute approximate surface area is 123 Å². The molecular weight excluding hydrogens is 327 g/mol. The first-order valence-electron chi connectivity index (χ1n) is 6.14. The highest BCUT2D eigenvalue weighted by Gasteiger charge is 2.27. The van der Waals surface area contributed by atoms with Crippen molar-refractivity contribution in [1.82, 2.24) is 9.97 Å². The molecular formula is C13H12BrFN4O. The first kappa shape index (κ1) is 13.3. The fourth-order valence-electron chi connectivity index (χ4n) is 1.76. The molecule has 0 spiro atoms. The molecule has 0 bridgehead atoms. The maximum atomic E-state index is 13.2. The van der Waals surface area contributed by atoms with Gasteiger partial charge in [0.25, 0.3) is 0 Å². The summed E-state index contributed by atoms with van der Waals surface area (Å²) in [5.41, 5.74) is 2.49. The molecule has 20 heavy (non-hydrogen) atoms. The number of hydrogen-bond acceptors (Lipinski definition) is 5. The number of ether oxygens (including phenoxy) is 1. The van der Waals surface area contributed by atoms with Crippen LogP contribution in [0.25, 0.3) is 0 Å². The maximum Gasteiger partial charge on any atom is 0.224 e. The van der Waals surface area contributed by atoms with Gasteiger partial charge in [0.1, 0.15) is 23.2 Å². The molecule has 0 radical (unpaired) electrons. The van der Waals surface area contributed by atoms with E-state index in [4.69, 9.17) is 10.6 Å². The Morgan fingerprint density at radius 3 is 2.80 bits per heavy atom. The minimum absolute atomic E-state index is 0.334. The van der Waals surface area contributed by atoms with Crippen LogP contribution < -0.4 is 16.0 Å². The van der Waals surface area contributed by atoms with E-state index in [9.17, 15) is 4.39 Å². The molecule has 3 rings (SSSR count). The number of aromatic nitrogens is 2. The van der Waals surface area contributed by atoms with E-state index in [0.29, 0.717) is 33.7 Å². The molecule has 0 saturated heterocycles. The molecule has 1 saturated carbocycles. The molecule has 2 aromatic rings. The molecule has 104 valence electrons. The molecule has 0 atom stereocenters. The summed E-state index contributed by atoms with van der Waals surface area (Å²) >= 11 is 3.31. The predicted octanol–water partition coefficient (Wildman–Crippen LogP) is 3.33. The summed E-state index contributed by atoms with van der Waals surface area (Å²) in [6, 6.07) is 5.79. The Balaban J connectivity index is 1.93. The van der Waals surface area contributed by atoms with Crippen molar-refractivity contribution in [2.45, 2.75) is 18.8 Å². The van der Waals surface area contributed by atoms with Gasteiger partial charge in [-0.15, -0.1) is 0 Å². The number of rotatable bonds is 4. The van der Waals surface area contributed by atoms with E-state index in [1.165, 1.54) is 12.1 Å². The van der Waals surface area contributed by atoms with E-state index >= 15 is 0 Å². The molecule has 3 N–H and O–H groups in total. The first-order valence-corrected chi connectivity index (χ1v) is 6.93. The van der Waals surface area contributed by atoms with Crippen molar-refractivity contribution >= 4 is 21.7 Å². The van der Waals surface area contributed by atoms with Gasteiger partial charge in [0.15, 0.2) is 0 Å². The zero-order chi connectivity index (χ0) is 14.1. The van der Waals surface area contributed by atoms with Crippen LogP contribution in [0.4, 0.5) is 10.2 Å². The Hall–Kier alpha value is -1.73. The number of nitrogens with zero attached hydrogens (tertiary/aromatic N) is 2. The standard InChI is InChI=1S/C13H12BrFN4O/c14-9-4-3-8(15)5-10(9)20-12-6-11(19-16)17-13(18-12)7-1-2-7/h3-7H,1-2,16H2,(H,17,18,19). The van der Waals surface area contributed by atoms with Crippen LogP contribution in [0.15, 0.2) is 28.7 Å². The summed E-state index contributed by atoms with van der Waals surface area (Å²) in [6.45, 7) is 0. The van der Waals surface area contributed by atoms with Crippen molar-refractivity contribution in [3.05, 3.63) is 40.4 Å². The number of halogens is 2. The second-order valence-corrected chi connectivity index (χ2v) is 5.40. The topological polar surface area (TPSA) is 73.1 Å². The monoisotopic (exact) mass is 338 g/mol. The minimum atomic E-state index is -0.378. The van der Waals surface area contributed by atoms with Gasteiger partial charge in [0.05, 0.1) is 4.47 Å². The lowest BCUT2D eigenvalue weighted by atomic mass is 10.3. The Morgan fingerprint density at radius 1 is 1.30 bits per heavy atom. The summed E-state index contributed by atoms with van der Waals surface area (Å²) in [5.74, 6) is 7.24. The van der Waals surface area contributed by atoms with Crippen molar-refractivity contribution in [2.24, 2.45) is 5.84 Å². The van der Waals surface area contributed by atoms with Crippen molar-refractivity contribution < 1.29 is 9.13 Å². The number of hydrogen-bond donors (Lipinski definition) is 2. The predicted molar refractivity (Wildman–Crippen MR) is 76.0 cm³/mol. The Kier molecular flexibility index (Phi) is 3.54. The van der Waals surface area contributed by atoms with Crippen LogP contribution >= 0.6 is 15.9 Å². The van der Waals surface area contributed by atoms with Crippen molar-refractivity contribution in [3.8, 4) is 11.6 Å². The molecule has 1 heterocycles. The highest BCUT2D eigenvalue weighted by Crippen LogP contribution is 2.39. The van der Waals surface area contributed by atoms with Gasteiger partial charge >= 0.3 is 0 Å². The van der Waals surface area contributed by atoms with E-state index in [0.717, 1.165) is 12.8 Å². The average Bonchev–Trinajstić information content (AvgIpc) is 3.27. The van der Waals surface area contributed by atoms with Gasteiger partial charge in [-0.3, -0.25) is 0 Å².